The van der Waals surface area contributed by atoms with Gasteiger partial charge in [0.15, 0.2) is 5.82 Å². The Hall–Kier alpha value is -4.49. The summed E-state index contributed by atoms with van der Waals surface area (Å²) in [6, 6.07) is 8.48. The van der Waals surface area contributed by atoms with E-state index in [1.54, 1.807) is 32.9 Å². The van der Waals surface area contributed by atoms with Crippen LogP contribution in [0, 0.1) is 12.7 Å². The molecule has 42 heavy (non-hydrogen) atoms. The Balaban J connectivity index is 1.25. The van der Waals surface area contributed by atoms with E-state index in [0.29, 0.717) is 50.1 Å². The standard InChI is InChI=1S/C29H29FN6O5S/c1-15-8-19(24-21(9-15)34-23(39-5)13-32-24)26-35-22-10-20(30)25(36-27(22)42-26)41-16(2)14-40-28(37)33-18-7-6-17(31-12-18)11-29(3,4)38/h6-10,12-13,16,38H,11,14H2,1-5H3,(H,33,37)/t16-/m0/s1. The molecule has 1 amide bonds. The summed E-state index contributed by atoms with van der Waals surface area (Å²) >= 11 is 1.27. The number of hydrogen-bond donors (Lipinski definition) is 2. The first-order chi connectivity index (χ1) is 20.0. The van der Waals surface area contributed by atoms with E-state index >= 15 is 0 Å². The summed E-state index contributed by atoms with van der Waals surface area (Å²) in [5.74, 6) is -0.510. The minimum atomic E-state index is -0.890. The van der Waals surface area contributed by atoms with Crippen molar-refractivity contribution in [2.24, 2.45) is 0 Å². The fourth-order valence-corrected chi connectivity index (χ4v) is 5.08. The lowest BCUT2D eigenvalue weighted by Gasteiger charge is -2.16. The second kappa shape index (κ2) is 11.8. The molecular weight excluding hydrogens is 563 g/mol. The maximum atomic E-state index is 14.9. The summed E-state index contributed by atoms with van der Waals surface area (Å²) in [7, 11) is 1.53. The molecule has 0 saturated heterocycles. The highest BCUT2D eigenvalue weighted by Gasteiger charge is 2.19. The van der Waals surface area contributed by atoms with Gasteiger partial charge in [0.2, 0.25) is 5.88 Å². The molecule has 0 spiro atoms. The summed E-state index contributed by atoms with van der Waals surface area (Å²) in [4.78, 5) is 34.8. The molecule has 11 nitrogen and oxygen atoms in total. The fourth-order valence-electron chi connectivity index (χ4n) is 4.15. The van der Waals surface area contributed by atoms with E-state index in [9.17, 15) is 14.3 Å². The van der Waals surface area contributed by atoms with Crippen LogP contribution in [-0.4, -0.2) is 61.5 Å². The molecule has 0 aliphatic carbocycles. The number of halogens is 1. The van der Waals surface area contributed by atoms with E-state index in [2.05, 4.69) is 30.2 Å². The number of amides is 1. The first-order valence-corrected chi connectivity index (χ1v) is 13.9. The third kappa shape index (κ3) is 6.86. The quantitative estimate of drug-likeness (QED) is 0.226. The molecule has 4 heterocycles. The lowest BCUT2D eigenvalue weighted by Crippen LogP contribution is -2.25. The highest BCUT2D eigenvalue weighted by Crippen LogP contribution is 2.35. The smallest absolute Gasteiger partial charge is 0.411 e. The van der Waals surface area contributed by atoms with Crippen LogP contribution in [0.1, 0.15) is 32.0 Å². The summed E-state index contributed by atoms with van der Waals surface area (Å²) in [5.41, 5.74) is 3.61. The van der Waals surface area contributed by atoms with Crippen LogP contribution in [0.5, 0.6) is 11.8 Å². The molecule has 0 saturated carbocycles. The van der Waals surface area contributed by atoms with E-state index in [0.717, 1.165) is 11.1 Å². The Morgan fingerprint density at radius 3 is 2.64 bits per heavy atom. The zero-order chi connectivity index (χ0) is 30.0. The molecule has 2 N–H and O–H groups in total. The first kappa shape index (κ1) is 29.0. The Labute approximate surface area is 244 Å². The molecule has 0 radical (unpaired) electrons. The monoisotopic (exact) mass is 592 g/mol. The van der Waals surface area contributed by atoms with Gasteiger partial charge < -0.3 is 19.3 Å². The number of thiazole rings is 1. The molecule has 0 aliphatic heterocycles. The Kier molecular flexibility index (Phi) is 8.14. The molecule has 218 valence electrons. The van der Waals surface area contributed by atoms with Gasteiger partial charge >= 0.3 is 6.09 Å². The SMILES string of the molecule is COc1cnc2c(-c3nc4cc(F)c(O[C@@H](C)COC(=O)Nc5ccc(CC(C)(C)O)nc5)nc4s3)cc(C)cc2n1. The predicted octanol–water partition coefficient (Wildman–Crippen LogP) is 5.48. The topological polar surface area (TPSA) is 141 Å². The number of benzene rings is 1. The minimum absolute atomic E-state index is 0.152. The van der Waals surface area contributed by atoms with Crippen molar-refractivity contribution in [3.8, 4) is 22.3 Å². The molecular formula is C29H29FN6O5S. The van der Waals surface area contributed by atoms with Crippen LogP contribution in [0.3, 0.4) is 0 Å². The number of nitrogens with one attached hydrogen (secondary N) is 1. The maximum absolute atomic E-state index is 14.9. The number of ether oxygens (including phenoxy) is 3. The van der Waals surface area contributed by atoms with Gasteiger partial charge in [0.1, 0.15) is 28.1 Å². The van der Waals surface area contributed by atoms with Gasteiger partial charge in [-0.2, -0.15) is 4.98 Å². The molecule has 0 aliphatic rings. The van der Waals surface area contributed by atoms with E-state index in [1.165, 1.54) is 36.9 Å². The van der Waals surface area contributed by atoms with Crippen molar-refractivity contribution >= 4 is 44.5 Å². The third-order valence-electron chi connectivity index (χ3n) is 5.96. The molecule has 5 aromatic rings. The van der Waals surface area contributed by atoms with Crippen molar-refractivity contribution in [1.29, 1.82) is 0 Å². The van der Waals surface area contributed by atoms with Crippen LogP contribution >= 0.6 is 11.3 Å². The predicted molar refractivity (Wildman–Crippen MR) is 156 cm³/mol. The lowest BCUT2D eigenvalue weighted by atomic mass is 10.0. The summed E-state index contributed by atoms with van der Waals surface area (Å²) < 4.78 is 31.0. The summed E-state index contributed by atoms with van der Waals surface area (Å²) in [5, 5.41) is 13.1. The van der Waals surface area contributed by atoms with Crippen LogP contribution in [0.25, 0.3) is 32.0 Å². The van der Waals surface area contributed by atoms with E-state index in [-0.39, 0.29) is 12.5 Å². The number of anilines is 1. The van der Waals surface area contributed by atoms with Crippen molar-refractivity contribution in [3.63, 3.8) is 0 Å². The van der Waals surface area contributed by atoms with Crippen LogP contribution in [0.4, 0.5) is 14.9 Å². The van der Waals surface area contributed by atoms with Gasteiger partial charge in [-0.25, -0.2) is 24.1 Å². The number of hydrogen-bond acceptors (Lipinski definition) is 11. The Morgan fingerprint density at radius 1 is 1.12 bits per heavy atom. The zero-order valence-electron chi connectivity index (χ0n) is 23.6. The largest absolute Gasteiger partial charge is 0.480 e. The maximum Gasteiger partial charge on any atom is 0.411 e. The van der Waals surface area contributed by atoms with E-state index < -0.39 is 23.6 Å². The number of fused-ring (bicyclic) bond motifs is 2. The molecule has 0 bridgehead atoms. The highest BCUT2D eigenvalue weighted by molar-refractivity contribution is 7.21. The normalized spacial score (nSPS) is 12.4. The zero-order valence-corrected chi connectivity index (χ0v) is 24.5. The van der Waals surface area contributed by atoms with Gasteiger partial charge in [-0.1, -0.05) is 11.3 Å². The highest BCUT2D eigenvalue weighted by atomic mass is 32.1. The molecule has 4 aromatic heterocycles. The molecule has 1 aromatic carbocycles. The Bertz CT molecular complexity index is 1760. The number of rotatable bonds is 9. The van der Waals surface area contributed by atoms with Gasteiger partial charge in [0.25, 0.3) is 5.88 Å². The molecule has 0 fully saturated rings. The number of pyridine rings is 2. The van der Waals surface area contributed by atoms with Crippen LogP contribution in [0.15, 0.2) is 42.7 Å². The number of aryl methyl sites for hydroxylation is 1. The molecule has 5 rings (SSSR count). The van der Waals surface area contributed by atoms with Gasteiger partial charge in [-0.3, -0.25) is 10.3 Å². The molecule has 1 atom stereocenters. The summed E-state index contributed by atoms with van der Waals surface area (Å²) in [6.07, 6.45) is 1.97. The Morgan fingerprint density at radius 2 is 1.93 bits per heavy atom. The molecule has 0 unspecified atom stereocenters. The van der Waals surface area contributed by atoms with E-state index in [4.69, 9.17) is 14.2 Å². The lowest BCUT2D eigenvalue weighted by molar-refractivity contribution is 0.0799. The molecule has 13 heteroatoms. The number of aliphatic hydroxyl groups is 1. The number of methoxy groups -OCH3 is 1. The third-order valence-corrected chi connectivity index (χ3v) is 6.96. The van der Waals surface area contributed by atoms with E-state index in [1.807, 2.05) is 19.1 Å². The first-order valence-electron chi connectivity index (χ1n) is 13.0. The number of carbonyl (C=O) groups excluding carboxylic acids is 1. The average Bonchev–Trinajstić information content (AvgIpc) is 3.34. The number of aromatic nitrogens is 5. The van der Waals surface area contributed by atoms with Crippen molar-refractivity contribution in [2.45, 2.75) is 45.8 Å². The minimum Gasteiger partial charge on any atom is -0.480 e. The van der Waals surface area contributed by atoms with Gasteiger partial charge in [-0.05, 0) is 57.5 Å². The number of nitrogens with zero attached hydrogens (tertiary/aromatic N) is 5. The van der Waals surface area contributed by atoms with Gasteiger partial charge in [-0.15, -0.1) is 0 Å². The van der Waals surface area contributed by atoms with Crippen LogP contribution < -0.4 is 14.8 Å². The van der Waals surface area contributed by atoms with Crippen molar-refractivity contribution in [2.75, 3.05) is 19.0 Å². The average molecular weight is 593 g/mol. The fraction of sp³-hybridized carbons (Fsp3) is 0.310. The van der Waals surface area contributed by atoms with Crippen molar-refractivity contribution < 1.29 is 28.5 Å². The van der Waals surface area contributed by atoms with Crippen LogP contribution in [0.2, 0.25) is 0 Å². The second-order valence-corrected chi connectivity index (χ2v) is 11.4. The van der Waals surface area contributed by atoms with Crippen molar-refractivity contribution in [1.82, 2.24) is 24.9 Å². The van der Waals surface area contributed by atoms with Gasteiger partial charge in [0, 0.05) is 23.7 Å². The van der Waals surface area contributed by atoms with Crippen molar-refractivity contribution in [3.05, 3.63) is 59.8 Å². The number of carbonyl (C=O) groups is 1. The van der Waals surface area contributed by atoms with Gasteiger partial charge in [0.05, 0.1) is 41.8 Å². The summed E-state index contributed by atoms with van der Waals surface area (Å²) in [6.45, 7) is 6.81. The second-order valence-electron chi connectivity index (χ2n) is 10.4. The van der Waals surface area contributed by atoms with Crippen LogP contribution in [-0.2, 0) is 11.2 Å².